The summed E-state index contributed by atoms with van der Waals surface area (Å²) in [6.45, 7) is 6.02. The highest BCUT2D eigenvalue weighted by Crippen LogP contribution is 2.31. The zero-order valence-electron chi connectivity index (χ0n) is 12.3. The summed E-state index contributed by atoms with van der Waals surface area (Å²) in [7, 11) is 0. The van der Waals surface area contributed by atoms with Crippen LogP contribution < -0.4 is 0 Å². The Morgan fingerprint density at radius 2 is 1.90 bits per heavy atom. The zero-order chi connectivity index (χ0) is 15.1. The number of aromatic hydroxyl groups is 1. The number of rotatable bonds is 2. The van der Waals surface area contributed by atoms with Gasteiger partial charge < -0.3 is 9.67 Å². The van der Waals surface area contributed by atoms with E-state index in [4.69, 9.17) is 0 Å². The molecule has 1 heterocycles. The van der Waals surface area contributed by atoms with Crippen molar-refractivity contribution < 1.29 is 9.50 Å². The first-order chi connectivity index (χ1) is 9.97. The molecule has 0 unspecified atom stereocenters. The van der Waals surface area contributed by atoms with Crippen LogP contribution >= 0.6 is 0 Å². The van der Waals surface area contributed by atoms with E-state index in [1.165, 1.54) is 12.1 Å². The Balaban J connectivity index is 2.34. The molecule has 0 aliphatic rings. The number of nitrogens with zero attached hydrogens (tertiary/aromatic N) is 2. The maximum atomic E-state index is 13.5. The monoisotopic (exact) mass is 284 g/mol. The quantitative estimate of drug-likeness (QED) is 0.755. The third-order valence-electron chi connectivity index (χ3n) is 3.62. The third kappa shape index (κ3) is 2.27. The van der Waals surface area contributed by atoms with Gasteiger partial charge >= 0.3 is 0 Å². The molecule has 0 aliphatic heterocycles. The van der Waals surface area contributed by atoms with Crippen LogP contribution in [0.4, 0.5) is 4.39 Å². The van der Waals surface area contributed by atoms with Crippen LogP contribution in [0.5, 0.6) is 5.75 Å². The first-order valence-corrected chi connectivity index (χ1v) is 6.95. The lowest BCUT2D eigenvalue weighted by molar-refractivity contribution is 0.475. The molecule has 1 N–H and O–H groups in total. The van der Waals surface area contributed by atoms with Crippen molar-refractivity contribution >= 4 is 11.0 Å². The number of phenolic OH excluding ortho intramolecular Hbond substituents is 1. The summed E-state index contributed by atoms with van der Waals surface area (Å²) in [5.74, 6) is 0.760. The number of hydrogen-bond acceptors (Lipinski definition) is 2. The molecule has 0 spiro atoms. The maximum Gasteiger partial charge on any atom is 0.141 e. The van der Waals surface area contributed by atoms with E-state index < -0.39 is 0 Å². The largest absolute Gasteiger partial charge is 0.508 e. The molecule has 4 heteroatoms. The molecule has 0 saturated heterocycles. The first kappa shape index (κ1) is 13.6. The van der Waals surface area contributed by atoms with E-state index in [2.05, 4.69) is 4.98 Å². The smallest absolute Gasteiger partial charge is 0.141 e. The SMILES string of the molecule is Cc1cc(O)ccc1-c1nc2ccc(F)cc2n1C(C)C. The van der Waals surface area contributed by atoms with Gasteiger partial charge in [-0.3, -0.25) is 0 Å². The Kier molecular flexibility index (Phi) is 3.16. The van der Waals surface area contributed by atoms with Gasteiger partial charge in [0, 0.05) is 11.6 Å². The van der Waals surface area contributed by atoms with E-state index in [0.29, 0.717) is 0 Å². The Morgan fingerprint density at radius 1 is 1.14 bits per heavy atom. The van der Waals surface area contributed by atoms with Crippen LogP contribution in [0.2, 0.25) is 0 Å². The molecule has 0 amide bonds. The van der Waals surface area contributed by atoms with Gasteiger partial charge in [-0.2, -0.15) is 0 Å². The topological polar surface area (TPSA) is 38.1 Å². The molecular weight excluding hydrogens is 267 g/mol. The highest BCUT2D eigenvalue weighted by Gasteiger charge is 2.17. The van der Waals surface area contributed by atoms with E-state index in [1.807, 2.05) is 31.4 Å². The number of hydrogen-bond donors (Lipinski definition) is 1. The van der Waals surface area contributed by atoms with Gasteiger partial charge in [0.1, 0.15) is 17.4 Å². The molecule has 108 valence electrons. The summed E-state index contributed by atoms with van der Waals surface area (Å²) in [6, 6.07) is 9.99. The first-order valence-electron chi connectivity index (χ1n) is 6.95. The van der Waals surface area contributed by atoms with Crippen molar-refractivity contribution in [2.45, 2.75) is 26.8 Å². The minimum Gasteiger partial charge on any atom is -0.508 e. The Morgan fingerprint density at radius 3 is 2.57 bits per heavy atom. The van der Waals surface area contributed by atoms with Crippen LogP contribution in [0.25, 0.3) is 22.4 Å². The van der Waals surface area contributed by atoms with Crippen LogP contribution in [-0.4, -0.2) is 14.7 Å². The highest BCUT2D eigenvalue weighted by atomic mass is 19.1. The molecule has 1 aromatic heterocycles. The molecule has 0 fully saturated rings. The van der Waals surface area contributed by atoms with Gasteiger partial charge in [-0.15, -0.1) is 0 Å². The van der Waals surface area contributed by atoms with Gasteiger partial charge in [-0.05, 0) is 62.7 Å². The molecule has 0 saturated carbocycles. The van der Waals surface area contributed by atoms with E-state index >= 15 is 0 Å². The second-order valence-corrected chi connectivity index (χ2v) is 5.53. The van der Waals surface area contributed by atoms with Gasteiger partial charge in [0.05, 0.1) is 11.0 Å². The lowest BCUT2D eigenvalue weighted by Crippen LogP contribution is -2.04. The summed E-state index contributed by atoms with van der Waals surface area (Å²) < 4.78 is 15.6. The molecule has 0 atom stereocenters. The number of aromatic nitrogens is 2. The van der Waals surface area contributed by atoms with E-state index in [0.717, 1.165) is 28.0 Å². The van der Waals surface area contributed by atoms with Crippen molar-refractivity contribution in [2.24, 2.45) is 0 Å². The molecule has 0 bridgehead atoms. The summed E-state index contributed by atoms with van der Waals surface area (Å²) in [6.07, 6.45) is 0. The Hall–Kier alpha value is -2.36. The summed E-state index contributed by atoms with van der Waals surface area (Å²) in [5, 5.41) is 9.56. The van der Waals surface area contributed by atoms with Crippen molar-refractivity contribution in [1.82, 2.24) is 9.55 Å². The number of halogens is 1. The van der Waals surface area contributed by atoms with Gasteiger partial charge in [0.25, 0.3) is 0 Å². The van der Waals surface area contributed by atoms with Crippen LogP contribution in [0.3, 0.4) is 0 Å². The molecule has 3 rings (SSSR count). The van der Waals surface area contributed by atoms with Crippen molar-refractivity contribution in [3.8, 4) is 17.1 Å². The van der Waals surface area contributed by atoms with Crippen molar-refractivity contribution in [3.63, 3.8) is 0 Å². The molecule has 3 aromatic rings. The molecular formula is C17H17FN2O. The van der Waals surface area contributed by atoms with Crippen LogP contribution in [0.1, 0.15) is 25.5 Å². The Labute approximate surface area is 122 Å². The van der Waals surface area contributed by atoms with Gasteiger partial charge in [0.2, 0.25) is 0 Å². The van der Waals surface area contributed by atoms with E-state index in [1.54, 1.807) is 18.2 Å². The predicted molar refractivity (Wildman–Crippen MR) is 81.9 cm³/mol. The second-order valence-electron chi connectivity index (χ2n) is 5.53. The van der Waals surface area contributed by atoms with Crippen molar-refractivity contribution in [1.29, 1.82) is 0 Å². The fourth-order valence-electron chi connectivity index (χ4n) is 2.68. The number of fused-ring (bicyclic) bond motifs is 1. The summed E-state index contributed by atoms with van der Waals surface area (Å²) in [5.41, 5.74) is 3.44. The van der Waals surface area contributed by atoms with E-state index in [9.17, 15) is 9.50 Å². The zero-order valence-corrected chi connectivity index (χ0v) is 12.3. The highest BCUT2D eigenvalue weighted by molar-refractivity contribution is 5.81. The van der Waals surface area contributed by atoms with E-state index in [-0.39, 0.29) is 17.6 Å². The molecule has 0 radical (unpaired) electrons. The van der Waals surface area contributed by atoms with Gasteiger partial charge in [0.15, 0.2) is 0 Å². The van der Waals surface area contributed by atoms with Crippen LogP contribution in [-0.2, 0) is 0 Å². The minimum absolute atomic E-state index is 0.153. The standard InChI is InChI=1S/C17H17FN2O/c1-10(2)20-16-9-12(18)4-7-15(16)19-17(20)14-6-5-13(21)8-11(14)3/h4-10,21H,1-3H3. The van der Waals surface area contributed by atoms with Crippen molar-refractivity contribution in [2.75, 3.05) is 0 Å². The second kappa shape index (κ2) is 4.88. The maximum absolute atomic E-state index is 13.5. The fraction of sp³-hybridized carbons (Fsp3) is 0.235. The number of phenols is 1. The Bertz CT molecular complexity index is 821. The third-order valence-corrected chi connectivity index (χ3v) is 3.62. The molecule has 0 aliphatic carbocycles. The number of imidazole rings is 1. The average molecular weight is 284 g/mol. The van der Waals surface area contributed by atoms with Gasteiger partial charge in [-0.25, -0.2) is 9.37 Å². The molecule has 21 heavy (non-hydrogen) atoms. The lowest BCUT2D eigenvalue weighted by atomic mass is 10.1. The van der Waals surface area contributed by atoms with Gasteiger partial charge in [-0.1, -0.05) is 0 Å². The predicted octanol–water partition coefficient (Wildman–Crippen LogP) is 4.44. The number of benzene rings is 2. The van der Waals surface area contributed by atoms with Crippen LogP contribution in [0, 0.1) is 12.7 Å². The minimum atomic E-state index is -0.265. The number of aryl methyl sites for hydroxylation is 1. The van der Waals surface area contributed by atoms with Crippen LogP contribution in [0.15, 0.2) is 36.4 Å². The van der Waals surface area contributed by atoms with Crippen molar-refractivity contribution in [3.05, 3.63) is 47.8 Å². The summed E-state index contributed by atoms with van der Waals surface area (Å²) in [4.78, 5) is 4.65. The molecule has 3 nitrogen and oxygen atoms in total. The normalized spacial score (nSPS) is 11.5. The summed E-state index contributed by atoms with van der Waals surface area (Å²) >= 11 is 0. The lowest BCUT2D eigenvalue weighted by Gasteiger charge is -2.14. The fourth-order valence-corrected chi connectivity index (χ4v) is 2.68. The average Bonchev–Trinajstić information content (AvgIpc) is 2.76. The molecule has 2 aromatic carbocycles.